The largest absolute Gasteiger partial charge is 0.506 e. The molecule has 2 aliphatic carbocycles. The summed E-state index contributed by atoms with van der Waals surface area (Å²) in [7, 11) is 6.67. The van der Waals surface area contributed by atoms with Crippen molar-refractivity contribution in [2.45, 2.75) is 56.6 Å². The summed E-state index contributed by atoms with van der Waals surface area (Å²) < 4.78 is 28.1. The van der Waals surface area contributed by atoms with Crippen LogP contribution in [0.1, 0.15) is 51.2 Å². The molecular formula is C51H55ClN4O10. The van der Waals surface area contributed by atoms with Crippen molar-refractivity contribution in [2.75, 3.05) is 41.5 Å². The maximum absolute atomic E-state index is 12.1. The molecule has 66 heavy (non-hydrogen) atoms. The second kappa shape index (κ2) is 21.2. The number of hydrogen-bond acceptors (Lipinski definition) is 12. The summed E-state index contributed by atoms with van der Waals surface area (Å²) in [6.45, 7) is 1.08. The van der Waals surface area contributed by atoms with Crippen molar-refractivity contribution in [3.05, 3.63) is 163 Å². The second-order valence-electron chi connectivity index (χ2n) is 16.2. The van der Waals surface area contributed by atoms with Crippen molar-refractivity contribution in [3.8, 4) is 34.5 Å². The van der Waals surface area contributed by atoms with E-state index in [1.807, 2.05) is 60.7 Å². The first-order chi connectivity index (χ1) is 31.6. The van der Waals surface area contributed by atoms with E-state index in [4.69, 9.17) is 23.7 Å². The lowest BCUT2D eigenvalue weighted by molar-refractivity contribution is 0.171. The molecule has 2 aliphatic rings. The summed E-state index contributed by atoms with van der Waals surface area (Å²) >= 11 is 0. The van der Waals surface area contributed by atoms with Crippen molar-refractivity contribution in [1.29, 1.82) is 0 Å². The summed E-state index contributed by atoms with van der Waals surface area (Å²) in [5.41, 5.74) is 7.35. The van der Waals surface area contributed by atoms with Crippen LogP contribution in [0.4, 0.5) is 0 Å². The first kappa shape index (κ1) is 47.4. The van der Waals surface area contributed by atoms with E-state index in [1.54, 1.807) is 52.7 Å². The number of methoxy groups -OCH3 is 4. The number of aliphatic hydroxyl groups excluding tert-OH is 2. The number of hydrogen-bond donors (Lipinski definition) is 7. The quantitative estimate of drug-likeness (QED) is 0.0601. The molecule has 0 saturated carbocycles. The number of halogens is 1. The fraction of sp³-hybridized carbons (Fsp3) is 0.294. The van der Waals surface area contributed by atoms with Crippen LogP contribution in [0.2, 0.25) is 0 Å². The van der Waals surface area contributed by atoms with E-state index >= 15 is 0 Å². The molecule has 0 saturated heterocycles. The number of aromatic amines is 2. The lowest BCUT2D eigenvalue weighted by Gasteiger charge is -2.19. The summed E-state index contributed by atoms with van der Waals surface area (Å²) in [5.74, 6) is 3.96. The van der Waals surface area contributed by atoms with Crippen LogP contribution in [-0.4, -0.2) is 78.9 Å². The third kappa shape index (κ3) is 10.1. The van der Waals surface area contributed by atoms with Gasteiger partial charge in [-0.15, -0.1) is 12.4 Å². The number of phenols is 1. The van der Waals surface area contributed by atoms with Gasteiger partial charge in [0.25, 0.3) is 0 Å². The van der Waals surface area contributed by atoms with Crippen molar-refractivity contribution in [1.82, 2.24) is 20.6 Å². The van der Waals surface area contributed by atoms with Crippen LogP contribution in [-0.2, 0) is 32.3 Å². The number of fused-ring (bicyclic) bond motifs is 4. The Bertz CT molecular complexity index is 2860. The molecule has 0 bridgehead atoms. The Morgan fingerprint density at radius 2 is 0.955 bits per heavy atom. The van der Waals surface area contributed by atoms with Gasteiger partial charge in [0, 0.05) is 70.3 Å². The number of aromatic nitrogens is 2. The van der Waals surface area contributed by atoms with Gasteiger partial charge in [-0.2, -0.15) is 0 Å². The van der Waals surface area contributed by atoms with Gasteiger partial charge in [-0.1, -0.05) is 42.5 Å². The summed E-state index contributed by atoms with van der Waals surface area (Å²) in [6.07, 6.45) is 1.59. The van der Waals surface area contributed by atoms with Crippen LogP contribution >= 0.6 is 12.4 Å². The number of rotatable bonds is 15. The SMILES string of the molecule is COc1ccc(OC)c2c1CC(NC[C@H](O)c1ccc(O)c3[nH]c(=O)ccc13)C2.COc1ccc(OC)c2c1CC(NC[C@H](O)c1ccc(OCc3ccccc3)c3[nH]c(=O)ccc13)C2.Cl. The van der Waals surface area contributed by atoms with Gasteiger partial charge in [0.1, 0.15) is 41.1 Å². The minimum absolute atomic E-state index is 0. The molecule has 7 N–H and O–H groups in total. The number of benzene rings is 5. The molecular weight excluding hydrogens is 864 g/mol. The zero-order valence-electron chi connectivity index (χ0n) is 37.2. The molecule has 0 radical (unpaired) electrons. The van der Waals surface area contributed by atoms with Gasteiger partial charge in [-0.25, -0.2) is 0 Å². The molecule has 15 heteroatoms. The van der Waals surface area contributed by atoms with Gasteiger partial charge in [-0.05, 0) is 90.9 Å². The Hall–Kier alpha value is -6.55. The Kier molecular flexibility index (Phi) is 15.2. The zero-order valence-corrected chi connectivity index (χ0v) is 38.0. The average molecular weight is 919 g/mol. The van der Waals surface area contributed by atoms with Gasteiger partial charge in [0.05, 0.1) is 51.7 Å². The van der Waals surface area contributed by atoms with Gasteiger partial charge < -0.3 is 59.6 Å². The van der Waals surface area contributed by atoms with Crippen LogP contribution in [0.15, 0.2) is 113 Å². The van der Waals surface area contributed by atoms with Crippen molar-refractivity contribution in [3.63, 3.8) is 0 Å². The summed E-state index contributed by atoms with van der Waals surface area (Å²) in [5, 5.41) is 40.2. The van der Waals surface area contributed by atoms with E-state index < -0.39 is 12.2 Å². The van der Waals surface area contributed by atoms with Crippen molar-refractivity contribution >= 4 is 34.2 Å². The highest BCUT2D eigenvalue weighted by atomic mass is 35.5. The van der Waals surface area contributed by atoms with Crippen LogP contribution in [0.25, 0.3) is 21.8 Å². The molecule has 0 aliphatic heterocycles. The first-order valence-electron chi connectivity index (χ1n) is 21.5. The fourth-order valence-electron chi connectivity index (χ4n) is 9.10. The van der Waals surface area contributed by atoms with Crippen molar-refractivity contribution < 1.29 is 39.0 Å². The van der Waals surface area contributed by atoms with Crippen LogP contribution in [0.3, 0.4) is 0 Å². The minimum atomic E-state index is -0.795. The number of ether oxygens (including phenoxy) is 5. The molecule has 0 fully saturated rings. The third-order valence-electron chi connectivity index (χ3n) is 12.3. The molecule has 9 rings (SSSR count). The fourth-order valence-corrected chi connectivity index (χ4v) is 9.10. The number of pyridine rings is 2. The van der Waals surface area contributed by atoms with Gasteiger partial charge in [0.15, 0.2) is 0 Å². The third-order valence-corrected chi connectivity index (χ3v) is 12.3. The first-order valence-corrected chi connectivity index (χ1v) is 21.5. The number of H-pyrrole nitrogens is 2. The average Bonchev–Trinajstić information content (AvgIpc) is 3.97. The Balaban J connectivity index is 0.000000198. The number of nitrogens with one attached hydrogen (secondary N) is 4. The maximum atomic E-state index is 12.1. The highest BCUT2D eigenvalue weighted by Gasteiger charge is 2.30. The monoisotopic (exact) mass is 918 g/mol. The molecule has 0 spiro atoms. The van der Waals surface area contributed by atoms with E-state index in [0.717, 1.165) is 87.4 Å². The van der Waals surface area contributed by atoms with Crippen molar-refractivity contribution in [2.24, 2.45) is 0 Å². The number of aromatic hydroxyl groups is 1. The van der Waals surface area contributed by atoms with E-state index in [1.165, 1.54) is 18.2 Å². The standard InChI is InChI=1S/C29H30N2O5.C22H24N2O5.ClH/c1-34-25-11-12-26(35-2)23-15-19(14-22(23)25)30-16-24(32)20-8-10-27(29-21(20)9-13-28(33)31-29)36-17-18-6-4-3-5-7-18;1-28-19-6-7-20(29-2)16-10-12(9-15(16)19)23-11-18(26)13-3-5-17(25)22-14(13)4-8-21(27)24-22;/h3-13,19,24,30,32H,14-17H2,1-2H3,(H,31,33);3-8,12,18,23,25-26H,9-11H2,1-2H3,(H,24,27);1H/t24-;18-;/m00./s1. The molecule has 0 unspecified atom stereocenters. The number of aliphatic hydroxyl groups is 2. The Morgan fingerprint density at radius 1 is 0.545 bits per heavy atom. The van der Waals surface area contributed by atoms with Crippen LogP contribution < -0.4 is 45.4 Å². The molecule has 7 aromatic rings. The molecule has 0 amide bonds. The highest BCUT2D eigenvalue weighted by molar-refractivity contribution is 5.88. The van der Waals surface area contributed by atoms with E-state index in [-0.39, 0.29) is 41.4 Å². The van der Waals surface area contributed by atoms with E-state index in [9.17, 15) is 24.9 Å². The second-order valence-corrected chi connectivity index (χ2v) is 16.2. The lowest BCUT2D eigenvalue weighted by Crippen LogP contribution is -2.33. The Morgan fingerprint density at radius 3 is 1.41 bits per heavy atom. The van der Waals surface area contributed by atoms with Gasteiger partial charge in [-0.3, -0.25) is 9.59 Å². The maximum Gasteiger partial charge on any atom is 0.248 e. The molecule has 2 aromatic heterocycles. The smallest absolute Gasteiger partial charge is 0.248 e. The normalized spacial score (nSPS) is 14.1. The summed E-state index contributed by atoms with van der Waals surface area (Å²) in [4.78, 5) is 29.2. The number of phenolic OH excluding ortho intramolecular Hbond substituents is 1. The molecule has 2 heterocycles. The van der Waals surface area contributed by atoms with Gasteiger partial charge in [0.2, 0.25) is 11.1 Å². The van der Waals surface area contributed by atoms with Crippen LogP contribution in [0, 0.1) is 0 Å². The van der Waals surface area contributed by atoms with Crippen LogP contribution in [0.5, 0.6) is 34.5 Å². The van der Waals surface area contributed by atoms with Gasteiger partial charge >= 0.3 is 0 Å². The zero-order chi connectivity index (χ0) is 45.6. The lowest BCUT2D eigenvalue weighted by atomic mass is 10.0. The highest BCUT2D eigenvalue weighted by Crippen LogP contribution is 2.39. The molecule has 346 valence electrons. The minimum Gasteiger partial charge on any atom is -0.506 e. The Labute approximate surface area is 387 Å². The predicted octanol–water partition coefficient (Wildman–Crippen LogP) is 6.38. The molecule has 5 aromatic carbocycles. The van der Waals surface area contributed by atoms with E-state index in [0.29, 0.717) is 47.4 Å². The molecule has 14 nitrogen and oxygen atoms in total. The molecule has 2 atom stereocenters. The topological polar surface area (TPSA) is 197 Å². The van der Waals surface area contributed by atoms with E-state index in [2.05, 4.69) is 20.6 Å². The predicted molar refractivity (Wildman–Crippen MR) is 256 cm³/mol. The summed E-state index contributed by atoms with van der Waals surface area (Å²) in [6, 6.07) is 30.9.